The van der Waals surface area contributed by atoms with E-state index in [4.69, 9.17) is 15.2 Å². The molecule has 116 valence electrons. The van der Waals surface area contributed by atoms with Gasteiger partial charge in [-0.1, -0.05) is 60.7 Å². The van der Waals surface area contributed by atoms with Crippen molar-refractivity contribution in [2.24, 2.45) is 0 Å². The third-order valence-electron chi connectivity index (χ3n) is 3.37. The van der Waals surface area contributed by atoms with Crippen molar-refractivity contribution in [1.29, 1.82) is 0 Å². The maximum atomic E-state index is 6.10. The van der Waals surface area contributed by atoms with E-state index in [9.17, 15) is 0 Å². The zero-order chi connectivity index (χ0) is 15.9. The second-order valence-corrected chi connectivity index (χ2v) is 5.08. The van der Waals surface area contributed by atoms with Gasteiger partial charge in [0.25, 0.3) is 0 Å². The number of nitrogens with zero attached hydrogens (tertiary/aromatic N) is 1. The molecular formula is C19H18N2O2. The molecule has 0 saturated carbocycles. The summed E-state index contributed by atoms with van der Waals surface area (Å²) >= 11 is 0. The van der Waals surface area contributed by atoms with Crippen LogP contribution >= 0.6 is 0 Å². The molecule has 0 fully saturated rings. The summed E-state index contributed by atoms with van der Waals surface area (Å²) in [5.74, 6) is 0.964. The molecule has 4 heteroatoms. The molecule has 0 bridgehead atoms. The van der Waals surface area contributed by atoms with Crippen LogP contribution in [0, 0.1) is 0 Å². The van der Waals surface area contributed by atoms with Gasteiger partial charge in [-0.05, 0) is 11.1 Å². The molecule has 2 aromatic carbocycles. The second kappa shape index (κ2) is 7.31. The summed E-state index contributed by atoms with van der Waals surface area (Å²) in [6, 6.07) is 21.6. The van der Waals surface area contributed by atoms with E-state index in [0.717, 1.165) is 11.1 Å². The lowest BCUT2D eigenvalue weighted by atomic mass is 10.2. The van der Waals surface area contributed by atoms with Crippen molar-refractivity contribution in [2.75, 3.05) is 5.73 Å². The highest BCUT2D eigenvalue weighted by Gasteiger charge is 2.09. The summed E-state index contributed by atoms with van der Waals surface area (Å²) in [6.07, 6.45) is 1.64. The smallest absolute Gasteiger partial charge is 0.241 e. The summed E-state index contributed by atoms with van der Waals surface area (Å²) in [5.41, 5.74) is 8.65. The van der Waals surface area contributed by atoms with Gasteiger partial charge in [-0.15, -0.1) is 0 Å². The number of benzene rings is 2. The van der Waals surface area contributed by atoms with Crippen molar-refractivity contribution >= 4 is 5.69 Å². The Kier molecular flexibility index (Phi) is 4.74. The number of hydrogen-bond acceptors (Lipinski definition) is 4. The lowest BCUT2D eigenvalue weighted by Crippen LogP contribution is -2.04. The summed E-state index contributed by atoms with van der Waals surface area (Å²) in [6.45, 7) is 0.868. The first-order chi connectivity index (χ1) is 11.3. The minimum absolute atomic E-state index is 0.388. The number of nitrogens with two attached hydrogens (primary N) is 1. The lowest BCUT2D eigenvalue weighted by molar-refractivity contribution is 0.284. The van der Waals surface area contributed by atoms with Gasteiger partial charge in [-0.25, -0.2) is 4.98 Å². The fourth-order valence-corrected chi connectivity index (χ4v) is 2.14. The van der Waals surface area contributed by atoms with Crippen molar-refractivity contribution in [3.05, 3.63) is 84.1 Å². The van der Waals surface area contributed by atoms with Crippen LogP contribution < -0.4 is 15.2 Å². The van der Waals surface area contributed by atoms with Gasteiger partial charge in [0.15, 0.2) is 0 Å². The molecule has 1 heterocycles. The van der Waals surface area contributed by atoms with E-state index < -0.39 is 0 Å². The molecule has 3 aromatic rings. The van der Waals surface area contributed by atoms with Crippen LogP contribution in [0.15, 0.2) is 72.9 Å². The van der Waals surface area contributed by atoms with Crippen molar-refractivity contribution in [2.45, 2.75) is 13.2 Å². The summed E-state index contributed by atoms with van der Waals surface area (Å²) in [4.78, 5) is 4.18. The van der Waals surface area contributed by atoms with E-state index in [2.05, 4.69) is 4.98 Å². The fraction of sp³-hybridized carbons (Fsp3) is 0.105. The molecule has 0 aliphatic rings. The standard InChI is InChI=1S/C19H18N2O2/c20-18-17(22-13-15-7-3-1-4-8-15)11-12-21-19(18)23-14-16-9-5-2-6-10-16/h1-12H,13-14,20H2. The van der Waals surface area contributed by atoms with Crippen LogP contribution in [0.4, 0.5) is 5.69 Å². The highest BCUT2D eigenvalue weighted by atomic mass is 16.5. The molecule has 0 radical (unpaired) electrons. The first-order valence-electron chi connectivity index (χ1n) is 7.41. The van der Waals surface area contributed by atoms with Gasteiger partial charge in [0.05, 0.1) is 0 Å². The van der Waals surface area contributed by atoms with Crippen molar-refractivity contribution in [3.8, 4) is 11.6 Å². The third-order valence-corrected chi connectivity index (χ3v) is 3.37. The van der Waals surface area contributed by atoms with E-state index in [1.54, 1.807) is 12.3 Å². The van der Waals surface area contributed by atoms with Gasteiger partial charge in [-0.2, -0.15) is 0 Å². The molecule has 23 heavy (non-hydrogen) atoms. The summed E-state index contributed by atoms with van der Waals surface area (Å²) in [7, 11) is 0. The monoisotopic (exact) mass is 306 g/mol. The molecule has 4 nitrogen and oxygen atoms in total. The zero-order valence-corrected chi connectivity index (χ0v) is 12.7. The predicted molar refractivity (Wildman–Crippen MR) is 90.2 cm³/mol. The van der Waals surface area contributed by atoms with Gasteiger partial charge in [0.2, 0.25) is 5.88 Å². The number of aromatic nitrogens is 1. The molecule has 0 atom stereocenters. The Morgan fingerprint density at radius 2 is 1.30 bits per heavy atom. The normalized spacial score (nSPS) is 10.3. The Morgan fingerprint density at radius 1 is 0.739 bits per heavy atom. The molecule has 0 amide bonds. The van der Waals surface area contributed by atoms with Gasteiger partial charge in [0, 0.05) is 12.3 Å². The topological polar surface area (TPSA) is 57.4 Å². The SMILES string of the molecule is Nc1c(OCc2ccccc2)ccnc1OCc1ccccc1. The Morgan fingerprint density at radius 3 is 1.91 bits per heavy atom. The molecule has 2 N–H and O–H groups in total. The fourth-order valence-electron chi connectivity index (χ4n) is 2.14. The Balaban J connectivity index is 1.66. The van der Waals surface area contributed by atoms with E-state index in [1.807, 2.05) is 60.7 Å². The van der Waals surface area contributed by atoms with E-state index in [-0.39, 0.29) is 0 Å². The van der Waals surface area contributed by atoms with Crippen LogP contribution in [-0.2, 0) is 13.2 Å². The third kappa shape index (κ3) is 4.01. The number of rotatable bonds is 6. The average Bonchev–Trinajstić information content (AvgIpc) is 2.61. The quantitative estimate of drug-likeness (QED) is 0.752. The zero-order valence-electron chi connectivity index (χ0n) is 12.7. The second-order valence-electron chi connectivity index (χ2n) is 5.08. The molecule has 0 spiro atoms. The van der Waals surface area contributed by atoms with Gasteiger partial charge < -0.3 is 15.2 Å². The molecule has 3 rings (SSSR count). The number of ether oxygens (including phenoxy) is 2. The van der Waals surface area contributed by atoms with Crippen molar-refractivity contribution in [1.82, 2.24) is 4.98 Å². The Bertz CT molecular complexity index is 684. The molecular weight excluding hydrogens is 288 g/mol. The minimum Gasteiger partial charge on any atom is -0.486 e. The van der Waals surface area contributed by atoms with Crippen LogP contribution in [0.5, 0.6) is 11.6 Å². The molecule has 0 aliphatic carbocycles. The van der Waals surface area contributed by atoms with Crippen LogP contribution in [0.25, 0.3) is 0 Å². The summed E-state index contributed by atoms with van der Waals surface area (Å²) < 4.78 is 11.5. The number of anilines is 1. The van der Waals surface area contributed by atoms with Gasteiger partial charge >= 0.3 is 0 Å². The predicted octanol–water partition coefficient (Wildman–Crippen LogP) is 3.82. The molecule has 0 saturated heterocycles. The maximum Gasteiger partial charge on any atom is 0.241 e. The molecule has 0 unspecified atom stereocenters. The number of hydrogen-bond donors (Lipinski definition) is 1. The van der Waals surface area contributed by atoms with Crippen molar-refractivity contribution in [3.63, 3.8) is 0 Å². The number of nitrogen functional groups attached to an aromatic ring is 1. The van der Waals surface area contributed by atoms with Crippen LogP contribution in [-0.4, -0.2) is 4.98 Å². The Labute approximate surface area is 135 Å². The van der Waals surface area contributed by atoms with Crippen molar-refractivity contribution < 1.29 is 9.47 Å². The Hall–Kier alpha value is -3.01. The van der Waals surface area contributed by atoms with Crippen LogP contribution in [0.2, 0.25) is 0 Å². The summed E-state index contributed by atoms with van der Waals surface area (Å²) in [5, 5.41) is 0. The molecule has 0 aliphatic heterocycles. The first kappa shape index (κ1) is 14.9. The van der Waals surface area contributed by atoms with E-state index in [0.29, 0.717) is 30.5 Å². The van der Waals surface area contributed by atoms with Gasteiger partial charge in [0.1, 0.15) is 24.7 Å². The van der Waals surface area contributed by atoms with Crippen LogP contribution in [0.1, 0.15) is 11.1 Å². The van der Waals surface area contributed by atoms with E-state index in [1.165, 1.54) is 0 Å². The largest absolute Gasteiger partial charge is 0.486 e. The highest BCUT2D eigenvalue weighted by Crippen LogP contribution is 2.30. The van der Waals surface area contributed by atoms with Gasteiger partial charge in [-0.3, -0.25) is 0 Å². The lowest BCUT2D eigenvalue weighted by Gasteiger charge is -2.12. The minimum atomic E-state index is 0.388. The molecule has 1 aromatic heterocycles. The number of pyridine rings is 1. The first-order valence-corrected chi connectivity index (χ1v) is 7.41. The van der Waals surface area contributed by atoms with Crippen LogP contribution in [0.3, 0.4) is 0 Å². The highest BCUT2D eigenvalue weighted by molar-refractivity contribution is 5.59. The van der Waals surface area contributed by atoms with E-state index >= 15 is 0 Å². The maximum absolute atomic E-state index is 6.10. The average molecular weight is 306 g/mol.